The Kier molecular flexibility index (Phi) is 4.45. The molecule has 0 atom stereocenters. The fourth-order valence-electron chi connectivity index (χ4n) is 3.19. The summed E-state index contributed by atoms with van der Waals surface area (Å²) in [6, 6.07) is 6.29. The molecule has 0 bridgehead atoms. The van der Waals surface area contributed by atoms with Crippen LogP contribution in [0.2, 0.25) is 0 Å². The summed E-state index contributed by atoms with van der Waals surface area (Å²) in [7, 11) is 0. The zero-order valence-electron chi connectivity index (χ0n) is 14.5. The van der Waals surface area contributed by atoms with Crippen LogP contribution in [-0.2, 0) is 13.0 Å². The standard InChI is InChI=1S/C18H23N7/c1-2-15-10-17(25-18(23-15)21-13-22-25)20-12-14-6-7-16(19-11-14)24-8-4-3-5-9-24/h6-7,10-11,13,20H,2-5,8-9,12H2,1H3. The molecule has 1 aliphatic rings. The van der Waals surface area contributed by atoms with E-state index >= 15 is 0 Å². The number of hydrogen-bond donors (Lipinski definition) is 1. The highest BCUT2D eigenvalue weighted by Crippen LogP contribution is 2.18. The first-order valence-corrected chi connectivity index (χ1v) is 8.97. The predicted molar refractivity (Wildman–Crippen MR) is 97.8 cm³/mol. The molecule has 0 unspecified atom stereocenters. The lowest BCUT2D eigenvalue weighted by Crippen LogP contribution is -2.30. The summed E-state index contributed by atoms with van der Waals surface area (Å²) in [6.45, 7) is 5.01. The Morgan fingerprint density at radius 1 is 1.12 bits per heavy atom. The van der Waals surface area contributed by atoms with Crippen LogP contribution in [-0.4, -0.2) is 37.7 Å². The molecule has 1 aliphatic heterocycles. The second-order valence-electron chi connectivity index (χ2n) is 6.38. The molecule has 0 aromatic carbocycles. The molecule has 0 spiro atoms. The van der Waals surface area contributed by atoms with E-state index in [0.29, 0.717) is 12.3 Å². The van der Waals surface area contributed by atoms with E-state index in [2.05, 4.69) is 49.3 Å². The molecule has 130 valence electrons. The van der Waals surface area contributed by atoms with E-state index in [1.165, 1.54) is 25.6 Å². The van der Waals surface area contributed by atoms with Gasteiger partial charge in [-0.2, -0.15) is 14.6 Å². The molecule has 1 fully saturated rings. The first kappa shape index (κ1) is 15.8. The number of nitrogens with one attached hydrogen (secondary N) is 1. The van der Waals surface area contributed by atoms with Gasteiger partial charge in [-0.05, 0) is 37.3 Å². The van der Waals surface area contributed by atoms with Gasteiger partial charge in [0.1, 0.15) is 18.0 Å². The van der Waals surface area contributed by atoms with Crippen LogP contribution in [0.3, 0.4) is 0 Å². The van der Waals surface area contributed by atoms with E-state index in [1.54, 1.807) is 4.52 Å². The quantitative estimate of drug-likeness (QED) is 0.772. The Balaban J connectivity index is 1.47. The molecule has 1 N–H and O–H groups in total. The summed E-state index contributed by atoms with van der Waals surface area (Å²) >= 11 is 0. The second kappa shape index (κ2) is 7.04. The fraction of sp³-hybridized carbons (Fsp3) is 0.444. The predicted octanol–water partition coefficient (Wildman–Crippen LogP) is 2.68. The SMILES string of the molecule is CCc1cc(NCc2ccc(N3CCCCC3)nc2)n2ncnc2n1. The third-order valence-electron chi connectivity index (χ3n) is 4.63. The summed E-state index contributed by atoms with van der Waals surface area (Å²) in [5.41, 5.74) is 2.14. The molecule has 4 rings (SSSR count). The number of aryl methyl sites for hydroxylation is 1. The number of pyridine rings is 1. The number of anilines is 2. The van der Waals surface area contributed by atoms with Crippen LogP contribution >= 0.6 is 0 Å². The minimum absolute atomic E-state index is 0.625. The van der Waals surface area contributed by atoms with Crippen molar-refractivity contribution in [1.82, 2.24) is 24.6 Å². The maximum absolute atomic E-state index is 4.64. The van der Waals surface area contributed by atoms with E-state index in [1.807, 2.05) is 12.3 Å². The summed E-state index contributed by atoms with van der Waals surface area (Å²) in [4.78, 5) is 15.7. The van der Waals surface area contributed by atoms with Gasteiger partial charge in [0, 0.05) is 37.6 Å². The average molecular weight is 337 g/mol. The van der Waals surface area contributed by atoms with Crippen molar-refractivity contribution in [1.29, 1.82) is 0 Å². The van der Waals surface area contributed by atoms with Crippen LogP contribution in [0.5, 0.6) is 0 Å². The lowest BCUT2D eigenvalue weighted by molar-refractivity contribution is 0.573. The van der Waals surface area contributed by atoms with Crippen LogP contribution in [0.1, 0.15) is 37.4 Å². The third-order valence-corrected chi connectivity index (χ3v) is 4.63. The van der Waals surface area contributed by atoms with Gasteiger partial charge >= 0.3 is 0 Å². The fourth-order valence-corrected chi connectivity index (χ4v) is 3.19. The lowest BCUT2D eigenvalue weighted by atomic mass is 10.1. The zero-order chi connectivity index (χ0) is 17.1. The van der Waals surface area contributed by atoms with Crippen LogP contribution < -0.4 is 10.2 Å². The summed E-state index contributed by atoms with van der Waals surface area (Å²) in [6.07, 6.45) is 8.21. The molecule has 3 aromatic heterocycles. The van der Waals surface area contributed by atoms with Gasteiger partial charge < -0.3 is 10.2 Å². The summed E-state index contributed by atoms with van der Waals surface area (Å²) in [5, 5.41) is 7.67. The normalized spacial score (nSPS) is 14.8. The van der Waals surface area contributed by atoms with Crippen molar-refractivity contribution in [3.05, 3.63) is 42.0 Å². The van der Waals surface area contributed by atoms with Gasteiger partial charge in [-0.25, -0.2) is 9.97 Å². The van der Waals surface area contributed by atoms with Gasteiger partial charge in [-0.3, -0.25) is 0 Å². The Bertz CT molecular complexity index is 834. The van der Waals surface area contributed by atoms with Gasteiger partial charge in [0.05, 0.1) is 0 Å². The minimum atomic E-state index is 0.625. The van der Waals surface area contributed by atoms with Gasteiger partial charge in [0.15, 0.2) is 0 Å². The van der Waals surface area contributed by atoms with Crippen molar-refractivity contribution in [3.63, 3.8) is 0 Å². The first-order chi connectivity index (χ1) is 12.3. The summed E-state index contributed by atoms with van der Waals surface area (Å²) < 4.78 is 1.73. The van der Waals surface area contributed by atoms with E-state index in [-0.39, 0.29) is 0 Å². The molecule has 7 heteroatoms. The van der Waals surface area contributed by atoms with Crippen molar-refractivity contribution in [2.24, 2.45) is 0 Å². The molecule has 4 heterocycles. The van der Waals surface area contributed by atoms with Crippen LogP contribution in [0.4, 0.5) is 11.6 Å². The molecule has 0 aliphatic carbocycles. The Hall–Kier alpha value is -2.70. The third kappa shape index (κ3) is 3.40. The van der Waals surface area contributed by atoms with Crippen LogP contribution in [0, 0.1) is 0 Å². The van der Waals surface area contributed by atoms with Crippen molar-refractivity contribution < 1.29 is 0 Å². The van der Waals surface area contributed by atoms with E-state index in [9.17, 15) is 0 Å². The Morgan fingerprint density at radius 2 is 2.00 bits per heavy atom. The number of nitrogens with zero attached hydrogens (tertiary/aromatic N) is 6. The number of aromatic nitrogens is 5. The van der Waals surface area contributed by atoms with Gasteiger partial charge in [-0.15, -0.1) is 0 Å². The highest BCUT2D eigenvalue weighted by atomic mass is 15.3. The van der Waals surface area contributed by atoms with Crippen molar-refractivity contribution in [2.75, 3.05) is 23.3 Å². The number of fused-ring (bicyclic) bond motifs is 1. The monoisotopic (exact) mass is 337 g/mol. The highest BCUT2D eigenvalue weighted by molar-refractivity contribution is 5.46. The number of piperidine rings is 1. The Morgan fingerprint density at radius 3 is 2.76 bits per heavy atom. The van der Waals surface area contributed by atoms with Crippen molar-refractivity contribution >= 4 is 17.4 Å². The summed E-state index contributed by atoms with van der Waals surface area (Å²) in [5.74, 6) is 2.61. The van der Waals surface area contributed by atoms with E-state index < -0.39 is 0 Å². The maximum atomic E-state index is 4.64. The molecule has 3 aromatic rings. The van der Waals surface area contributed by atoms with Crippen molar-refractivity contribution in [2.45, 2.75) is 39.2 Å². The molecule has 7 nitrogen and oxygen atoms in total. The largest absolute Gasteiger partial charge is 0.366 e. The average Bonchev–Trinajstić information content (AvgIpc) is 3.16. The minimum Gasteiger partial charge on any atom is -0.366 e. The van der Waals surface area contributed by atoms with Crippen molar-refractivity contribution in [3.8, 4) is 0 Å². The van der Waals surface area contributed by atoms with E-state index in [0.717, 1.165) is 42.4 Å². The smallest absolute Gasteiger partial charge is 0.254 e. The van der Waals surface area contributed by atoms with Crippen LogP contribution in [0.15, 0.2) is 30.7 Å². The molecule has 0 saturated carbocycles. The second-order valence-corrected chi connectivity index (χ2v) is 6.38. The molecule has 1 saturated heterocycles. The molecular formula is C18H23N7. The number of rotatable bonds is 5. The topological polar surface area (TPSA) is 71.2 Å². The van der Waals surface area contributed by atoms with Gasteiger partial charge in [0.25, 0.3) is 5.78 Å². The Labute approximate surface area is 147 Å². The van der Waals surface area contributed by atoms with Gasteiger partial charge in [-0.1, -0.05) is 13.0 Å². The number of hydrogen-bond acceptors (Lipinski definition) is 6. The first-order valence-electron chi connectivity index (χ1n) is 8.97. The van der Waals surface area contributed by atoms with E-state index in [4.69, 9.17) is 0 Å². The lowest BCUT2D eigenvalue weighted by Gasteiger charge is -2.27. The molecule has 0 amide bonds. The molecule has 25 heavy (non-hydrogen) atoms. The maximum Gasteiger partial charge on any atom is 0.254 e. The zero-order valence-corrected chi connectivity index (χ0v) is 14.5. The van der Waals surface area contributed by atoms with Crippen LogP contribution in [0.25, 0.3) is 5.78 Å². The van der Waals surface area contributed by atoms with Gasteiger partial charge in [0.2, 0.25) is 0 Å². The molecule has 0 radical (unpaired) electrons. The molecular weight excluding hydrogens is 314 g/mol. The highest BCUT2D eigenvalue weighted by Gasteiger charge is 2.12.